The zero-order valence-corrected chi connectivity index (χ0v) is 29.1. The Balaban J connectivity index is 1.07. The molecule has 0 aliphatic rings. The highest BCUT2D eigenvalue weighted by atomic mass is 32.1. The molecule has 0 aliphatic carbocycles. The van der Waals surface area contributed by atoms with Gasteiger partial charge < -0.3 is 4.90 Å². The van der Waals surface area contributed by atoms with Crippen LogP contribution >= 0.6 is 11.3 Å². The molecule has 0 atom stereocenters. The van der Waals surface area contributed by atoms with Gasteiger partial charge in [0.1, 0.15) is 0 Å². The third-order valence-electron chi connectivity index (χ3n) is 10.1. The van der Waals surface area contributed by atoms with Crippen molar-refractivity contribution in [1.82, 2.24) is 4.98 Å². The van der Waals surface area contributed by atoms with Gasteiger partial charge in [0.25, 0.3) is 0 Å². The first kappa shape index (κ1) is 30.3. The van der Waals surface area contributed by atoms with E-state index in [1.807, 2.05) is 23.6 Å². The van der Waals surface area contributed by atoms with Crippen LogP contribution in [0.25, 0.3) is 75.2 Å². The van der Waals surface area contributed by atoms with Crippen LogP contribution in [0.2, 0.25) is 0 Å². The minimum absolute atomic E-state index is 1.08. The van der Waals surface area contributed by atoms with E-state index in [1.54, 1.807) is 0 Å². The number of hydrogen-bond donors (Lipinski definition) is 0. The normalized spacial score (nSPS) is 11.5. The fourth-order valence-electron chi connectivity index (χ4n) is 7.60. The maximum Gasteiger partial charge on any atom is 0.0888 e. The topological polar surface area (TPSA) is 16.1 Å². The van der Waals surface area contributed by atoms with Crippen molar-refractivity contribution in [1.29, 1.82) is 0 Å². The lowest BCUT2D eigenvalue weighted by Crippen LogP contribution is -2.09. The summed E-state index contributed by atoms with van der Waals surface area (Å²) < 4.78 is 2.49. The van der Waals surface area contributed by atoms with Crippen molar-refractivity contribution in [3.8, 4) is 33.4 Å². The minimum atomic E-state index is 1.08. The molecule has 0 bridgehead atoms. The van der Waals surface area contributed by atoms with E-state index in [2.05, 4.69) is 187 Å². The largest absolute Gasteiger partial charge is 0.311 e. The van der Waals surface area contributed by atoms with Crippen LogP contribution in [0.1, 0.15) is 0 Å². The Bertz CT molecular complexity index is 2870. The van der Waals surface area contributed by atoms with Crippen LogP contribution in [-0.4, -0.2) is 4.98 Å². The molecule has 0 N–H and O–H groups in total. The number of benzene rings is 8. The van der Waals surface area contributed by atoms with Gasteiger partial charge in [0.15, 0.2) is 0 Å². The van der Waals surface area contributed by atoms with Gasteiger partial charge in [-0.05, 0) is 110 Å². The van der Waals surface area contributed by atoms with Crippen LogP contribution in [0.5, 0.6) is 0 Å². The molecule has 0 radical (unpaired) electrons. The van der Waals surface area contributed by atoms with Gasteiger partial charge in [-0.3, -0.25) is 4.98 Å². The molecule has 3 heteroatoms. The van der Waals surface area contributed by atoms with E-state index < -0.39 is 0 Å². The molecule has 10 aromatic rings. The van der Waals surface area contributed by atoms with Crippen molar-refractivity contribution < 1.29 is 0 Å². The quantitative estimate of drug-likeness (QED) is 0.163. The maximum absolute atomic E-state index is 4.69. The molecule has 0 amide bonds. The highest BCUT2D eigenvalue weighted by Gasteiger charge is 2.16. The zero-order chi connectivity index (χ0) is 34.4. The third kappa shape index (κ3) is 5.22. The predicted molar refractivity (Wildman–Crippen MR) is 223 cm³/mol. The Hall–Kier alpha value is -6.55. The summed E-state index contributed by atoms with van der Waals surface area (Å²) in [5.74, 6) is 0. The van der Waals surface area contributed by atoms with Gasteiger partial charge in [-0.2, -0.15) is 0 Å². The smallest absolute Gasteiger partial charge is 0.0888 e. The monoisotopic (exact) mass is 680 g/mol. The zero-order valence-electron chi connectivity index (χ0n) is 28.3. The van der Waals surface area contributed by atoms with Crippen LogP contribution in [-0.2, 0) is 0 Å². The molecule has 8 aromatic carbocycles. The molecule has 244 valence electrons. The Kier molecular flexibility index (Phi) is 7.37. The Morgan fingerprint density at radius 2 is 0.942 bits per heavy atom. The Labute approximate surface area is 306 Å². The minimum Gasteiger partial charge on any atom is -0.311 e. The van der Waals surface area contributed by atoms with E-state index in [0.29, 0.717) is 0 Å². The average Bonchev–Trinajstić information content (AvgIpc) is 3.61. The molecule has 0 aliphatic heterocycles. The van der Waals surface area contributed by atoms with E-state index in [0.717, 1.165) is 22.6 Å². The molecule has 10 rings (SSSR count). The molecule has 2 nitrogen and oxygen atoms in total. The number of hydrogen-bond acceptors (Lipinski definition) is 3. The lowest BCUT2D eigenvalue weighted by molar-refractivity contribution is 1.28. The standard InChI is InChI=1S/C49H32N2S/c1-2-10-33(11-3-1)34-19-25-38(26-20-34)51(39-27-21-35(22-28-39)42-16-8-17-45-48-47(52-49(42)45)18-9-31-50-48)40-29-23-36(24-30-40)46-32-37-12-4-5-13-41(37)43-14-6-7-15-44(43)46/h1-32H. The molecule has 0 unspecified atom stereocenters. The van der Waals surface area contributed by atoms with Gasteiger partial charge in [-0.25, -0.2) is 0 Å². The van der Waals surface area contributed by atoms with Crippen molar-refractivity contribution in [3.63, 3.8) is 0 Å². The lowest BCUT2D eigenvalue weighted by atomic mass is 9.93. The summed E-state index contributed by atoms with van der Waals surface area (Å²) in [4.78, 5) is 7.04. The predicted octanol–water partition coefficient (Wildman–Crippen LogP) is 14.2. The third-order valence-corrected chi connectivity index (χ3v) is 11.3. The van der Waals surface area contributed by atoms with Crippen molar-refractivity contribution in [3.05, 3.63) is 194 Å². The van der Waals surface area contributed by atoms with Crippen LogP contribution in [0, 0.1) is 0 Å². The number of aromatic nitrogens is 1. The van der Waals surface area contributed by atoms with Gasteiger partial charge >= 0.3 is 0 Å². The molecular weight excluding hydrogens is 649 g/mol. The summed E-state index contributed by atoms with van der Waals surface area (Å²) in [6.07, 6.45) is 1.88. The van der Waals surface area contributed by atoms with Gasteiger partial charge in [0.05, 0.1) is 10.2 Å². The summed E-state index contributed by atoms with van der Waals surface area (Å²) >= 11 is 1.81. The number of pyridine rings is 1. The van der Waals surface area contributed by atoms with Crippen molar-refractivity contribution >= 4 is 70.2 Å². The second-order valence-electron chi connectivity index (χ2n) is 13.2. The second kappa shape index (κ2) is 12.6. The van der Waals surface area contributed by atoms with Gasteiger partial charge in [0.2, 0.25) is 0 Å². The summed E-state index contributed by atoms with van der Waals surface area (Å²) in [7, 11) is 0. The summed E-state index contributed by atoms with van der Waals surface area (Å²) in [6.45, 7) is 0. The molecule has 0 saturated carbocycles. The summed E-state index contributed by atoms with van der Waals surface area (Å²) in [6, 6.07) is 68.0. The van der Waals surface area contributed by atoms with E-state index >= 15 is 0 Å². The number of anilines is 3. The van der Waals surface area contributed by atoms with Crippen molar-refractivity contribution in [2.45, 2.75) is 0 Å². The second-order valence-corrected chi connectivity index (χ2v) is 14.2. The molecular formula is C49H32N2S. The van der Waals surface area contributed by atoms with Crippen molar-refractivity contribution in [2.75, 3.05) is 4.90 Å². The fourth-order valence-corrected chi connectivity index (χ4v) is 8.80. The Morgan fingerprint density at radius 1 is 0.385 bits per heavy atom. The van der Waals surface area contributed by atoms with Crippen LogP contribution in [0.4, 0.5) is 17.1 Å². The summed E-state index contributed by atoms with van der Waals surface area (Å²) in [5.41, 5.74) is 11.7. The van der Waals surface area contributed by atoms with Crippen LogP contribution in [0.15, 0.2) is 194 Å². The van der Waals surface area contributed by atoms with E-state index in [1.165, 1.54) is 69.7 Å². The molecule has 2 heterocycles. The molecule has 0 fully saturated rings. The van der Waals surface area contributed by atoms with E-state index in [-0.39, 0.29) is 0 Å². The fraction of sp³-hybridized carbons (Fsp3) is 0. The van der Waals surface area contributed by atoms with Crippen LogP contribution < -0.4 is 4.90 Å². The van der Waals surface area contributed by atoms with E-state index in [9.17, 15) is 0 Å². The number of thiophene rings is 1. The number of nitrogens with zero attached hydrogens (tertiary/aromatic N) is 2. The van der Waals surface area contributed by atoms with E-state index in [4.69, 9.17) is 4.98 Å². The molecule has 0 saturated heterocycles. The summed E-state index contributed by atoms with van der Waals surface area (Å²) in [5, 5.41) is 6.29. The molecule has 2 aromatic heterocycles. The van der Waals surface area contributed by atoms with Gasteiger partial charge in [-0.1, -0.05) is 133 Å². The maximum atomic E-state index is 4.69. The Morgan fingerprint density at radius 3 is 1.65 bits per heavy atom. The first-order valence-corrected chi connectivity index (χ1v) is 18.4. The SMILES string of the molecule is c1ccc(-c2ccc(N(c3ccc(-c4cc5ccccc5c5ccccc45)cc3)c3ccc(-c4cccc5c4sc4cccnc45)cc3)cc2)cc1. The highest BCUT2D eigenvalue weighted by molar-refractivity contribution is 7.26. The van der Waals surface area contributed by atoms with Gasteiger partial charge in [-0.15, -0.1) is 11.3 Å². The lowest BCUT2D eigenvalue weighted by Gasteiger charge is -2.26. The first-order valence-electron chi connectivity index (χ1n) is 17.6. The number of fused-ring (bicyclic) bond motifs is 6. The van der Waals surface area contributed by atoms with Crippen molar-refractivity contribution in [2.24, 2.45) is 0 Å². The molecule has 52 heavy (non-hydrogen) atoms. The highest BCUT2D eigenvalue weighted by Crippen LogP contribution is 2.42. The molecule has 0 spiro atoms. The number of rotatable bonds is 6. The van der Waals surface area contributed by atoms with Crippen LogP contribution in [0.3, 0.4) is 0 Å². The van der Waals surface area contributed by atoms with Gasteiger partial charge in [0, 0.05) is 33.3 Å². The first-order chi connectivity index (χ1) is 25.8. The average molecular weight is 681 g/mol.